The first-order valence-electron chi connectivity index (χ1n) is 13.3. The number of rotatable bonds is 9. The van der Waals surface area contributed by atoms with Crippen LogP contribution in [0.2, 0.25) is 0 Å². The summed E-state index contributed by atoms with van der Waals surface area (Å²) in [7, 11) is 0. The maximum atomic E-state index is 13.6. The predicted octanol–water partition coefficient (Wildman–Crippen LogP) is 1.92. The molecule has 1 saturated carbocycles. The molecular formula is C28H37Cl2N3O8. The Balaban J connectivity index is 0.00000294. The van der Waals surface area contributed by atoms with Crippen molar-refractivity contribution < 1.29 is 39.6 Å². The Morgan fingerprint density at radius 1 is 1.07 bits per heavy atom. The molecule has 2 amide bonds. The van der Waals surface area contributed by atoms with Crippen molar-refractivity contribution >= 4 is 54.0 Å². The van der Waals surface area contributed by atoms with E-state index in [1.165, 1.54) is 6.07 Å². The zero-order chi connectivity index (χ0) is 28.5. The van der Waals surface area contributed by atoms with Crippen molar-refractivity contribution in [3.05, 3.63) is 46.2 Å². The summed E-state index contributed by atoms with van der Waals surface area (Å²) < 4.78 is 0. The number of carbonyl (C=O) groups is 4. The van der Waals surface area contributed by atoms with Crippen LogP contribution < -0.4 is 16.4 Å². The lowest BCUT2D eigenvalue weighted by Gasteiger charge is -2.48. The minimum absolute atomic E-state index is 0. The number of carbonyl (C=O) groups excluding carboxylic acids is 4. The number of unbranched alkanes of at least 4 members (excludes halogenated alkanes) is 4. The van der Waals surface area contributed by atoms with Gasteiger partial charge < -0.3 is 31.5 Å². The normalized spacial score (nSPS) is 24.9. The number of fused-ring (bicyclic) bond motifs is 3. The number of amides is 2. The predicted molar refractivity (Wildman–Crippen MR) is 155 cm³/mol. The maximum Gasteiger partial charge on any atom is 0.265 e. The molecule has 3 aliphatic rings. The van der Waals surface area contributed by atoms with Gasteiger partial charge in [0.15, 0.2) is 11.4 Å². The fourth-order valence-corrected chi connectivity index (χ4v) is 5.93. The molecule has 4 unspecified atom stereocenters. The number of aliphatic hydroxyl groups excluding tert-OH is 2. The number of hydrogen-bond donors (Lipinski definition) is 7. The molecular weight excluding hydrogens is 577 g/mol. The van der Waals surface area contributed by atoms with Crippen LogP contribution in [0.4, 0.5) is 0 Å². The van der Waals surface area contributed by atoms with Crippen molar-refractivity contribution in [1.29, 1.82) is 0 Å². The summed E-state index contributed by atoms with van der Waals surface area (Å²) in [5, 5.41) is 48.6. The van der Waals surface area contributed by atoms with Crippen molar-refractivity contribution in [3.63, 3.8) is 0 Å². The largest absolute Gasteiger partial charge is 0.508 e. The van der Waals surface area contributed by atoms with Crippen molar-refractivity contribution in [2.45, 2.75) is 63.5 Å². The van der Waals surface area contributed by atoms with E-state index in [9.17, 15) is 39.6 Å². The molecule has 0 radical (unpaired) electrons. The van der Waals surface area contributed by atoms with Crippen LogP contribution in [0.1, 0.15) is 56.6 Å². The lowest BCUT2D eigenvalue weighted by Crippen LogP contribution is -2.65. The highest BCUT2D eigenvalue weighted by Gasteiger charge is 2.63. The van der Waals surface area contributed by atoms with Crippen molar-refractivity contribution in [2.75, 3.05) is 13.1 Å². The van der Waals surface area contributed by atoms with E-state index >= 15 is 0 Å². The average Bonchev–Trinajstić information content (AvgIpc) is 2.88. The molecule has 0 aliphatic heterocycles. The Labute approximate surface area is 250 Å². The van der Waals surface area contributed by atoms with Gasteiger partial charge in [-0.3, -0.25) is 24.5 Å². The summed E-state index contributed by atoms with van der Waals surface area (Å²) in [6.07, 6.45) is 5.35. The van der Waals surface area contributed by atoms with Gasteiger partial charge in [0.05, 0.1) is 18.2 Å². The third-order valence-electron chi connectivity index (χ3n) is 7.96. The highest BCUT2D eigenvalue weighted by atomic mass is 35.5. The lowest BCUT2D eigenvalue weighted by molar-refractivity contribution is -0.149. The SMILES string of the molecule is CCCCCCCNCC(=O)NC(=O)C1=C(O)C2(O)C(=O)C3=C(O)c4c(O)cccc4CC3CC2C(N)C1=O.Cl.Cl. The molecule has 1 fully saturated rings. The van der Waals surface area contributed by atoms with Gasteiger partial charge in [0.2, 0.25) is 11.7 Å². The van der Waals surface area contributed by atoms with Gasteiger partial charge in [0, 0.05) is 11.5 Å². The number of ketones is 2. The van der Waals surface area contributed by atoms with Crippen LogP contribution in [0, 0.1) is 11.8 Å². The van der Waals surface area contributed by atoms with Crippen LogP contribution in [0.25, 0.3) is 5.76 Å². The number of imide groups is 1. The Bertz CT molecular complexity index is 1280. The second kappa shape index (κ2) is 13.8. The molecule has 0 spiro atoms. The zero-order valence-electron chi connectivity index (χ0n) is 22.6. The van der Waals surface area contributed by atoms with Gasteiger partial charge in [-0.25, -0.2) is 0 Å². The zero-order valence-corrected chi connectivity index (χ0v) is 24.3. The molecule has 0 aromatic heterocycles. The molecule has 226 valence electrons. The number of aliphatic hydroxyl groups is 3. The molecule has 4 rings (SSSR count). The van der Waals surface area contributed by atoms with Crippen molar-refractivity contribution in [1.82, 2.24) is 10.6 Å². The molecule has 0 heterocycles. The second-order valence-electron chi connectivity index (χ2n) is 10.5. The Morgan fingerprint density at radius 2 is 1.76 bits per heavy atom. The lowest BCUT2D eigenvalue weighted by atomic mass is 9.58. The van der Waals surface area contributed by atoms with Crippen molar-refractivity contribution in [2.24, 2.45) is 17.6 Å². The minimum Gasteiger partial charge on any atom is -0.508 e. The highest BCUT2D eigenvalue weighted by Crippen LogP contribution is 2.51. The van der Waals surface area contributed by atoms with Crippen LogP contribution >= 0.6 is 24.8 Å². The third kappa shape index (κ3) is 6.14. The number of aromatic hydroxyl groups is 1. The minimum atomic E-state index is -2.78. The molecule has 0 saturated heterocycles. The third-order valence-corrected chi connectivity index (χ3v) is 7.96. The topological polar surface area (TPSA) is 199 Å². The number of phenolic OH excluding ortho intramolecular Hbond substituents is 1. The first-order valence-corrected chi connectivity index (χ1v) is 13.3. The van der Waals surface area contributed by atoms with Gasteiger partial charge >= 0.3 is 0 Å². The van der Waals surface area contributed by atoms with E-state index in [0.29, 0.717) is 12.1 Å². The first kappa shape index (κ1) is 34.2. The van der Waals surface area contributed by atoms with Crippen LogP contribution in [0.5, 0.6) is 5.75 Å². The van der Waals surface area contributed by atoms with E-state index in [4.69, 9.17) is 5.73 Å². The molecule has 4 atom stereocenters. The molecule has 3 aliphatic carbocycles. The molecule has 13 heteroatoms. The Hall–Kier alpha value is -2.96. The van der Waals surface area contributed by atoms with Crippen molar-refractivity contribution in [3.8, 4) is 5.75 Å². The number of Topliss-reactive ketones (excluding diaryl/α,β-unsaturated/α-hetero) is 2. The molecule has 11 nitrogen and oxygen atoms in total. The Morgan fingerprint density at radius 3 is 2.44 bits per heavy atom. The van der Waals surface area contributed by atoms with Gasteiger partial charge in [-0.15, -0.1) is 24.8 Å². The first-order chi connectivity index (χ1) is 18.5. The summed E-state index contributed by atoms with van der Waals surface area (Å²) >= 11 is 0. The van der Waals surface area contributed by atoms with E-state index in [0.717, 1.165) is 32.1 Å². The van der Waals surface area contributed by atoms with E-state index < -0.39 is 64.0 Å². The fourth-order valence-electron chi connectivity index (χ4n) is 5.93. The monoisotopic (exact) mass is 613 g/mol. The van der Waals surface area contributed by atoms with E-state index in [1.54, 1.807) is 12.1 Å². The summed E-state index contributed by atoms with van der Waals surface area (Å²) in [6.45, 7) is 2.45. The fraction of sp³-hybridized carbons (Fsp3) is 0.500. The average molecular weight is 615 g/mol. The van der Waals surface area contributed by atoms with Crippen LogP contribution in [0.15, 0.2) is 35.1 Å². The van der Waals surface area contributed by atoms with Crippen LogP contribution in [-0.2, 0) is 25.6 Å². The summed E-state index contributed by atoms with van der Waals surface area (Å²) in [5.41, 5.74) is 2.76. The van der Waals surface area contributed by atoms with Crippen LogP contribution in [-0.4, -0.2) is 68.5 Å². The summed E-state index contributed by atoms with van der Waals surface area (Å²) in [6, 6.07) is 3.08. The maximum absolute atomic E-state index is 13.6. The van der Waals surface area contributed by atoms with E-state index in [-0.39, 0.29) is 61.1 Å². The molecule has 8 N–H and O–H groups in total. The quantitative estimate of drug-likeness (QED) is 0.159. The molecule has 1 aromatic carbocycles. The molecule has 0 bridgehead atoms. The smallest absolute Gasteiger partial charge is 0.265 e. The summed E-state index contributed by atoms with van der Waals surface area (Å²) in [4.78, 5) is 51.9. The van der Waals surface area contributed by atoms with Crippen LogP contribution in [0.3, 0.4) is 0 Å². The number of hydrogen-bond acceptors (Lipinski definition) is 10. The van der Waals surface area contributed by atoms with Gasteiger partial charge in [0.1, 0.15) is 22.8 Å². The number of nitrogens with one attached hydrogen (secondary N) is 2. The molecule has 1 aromatic rings. The number of benzene rings is 1. The number of nitrogens with two attached hydrogens (primary N) is 1. The summed E-state index contributed by atoms with van der Waals surface area (Å²) in [5.74, 6) is -8.11. The van der Waals surface area contributed by atoms with Gasteiger partial charge in [0.25, 0.3) is 5.91 Å². The van der Waals surface area contributed by atoms with E-state index in [2.05, 4.69) is 12.2 Å². The highest BCUT2D eigenvalue weighted by molar-refractivity contribution is 6.27. The standard InChI is InChI=1S/C28H35N3O8.2ClH/c1-2-3-4-5-6-10-30-13-18(33)31-27(38)21-24(35)22(29)16-12-15-11-14-8-7-9-17(32)19(14)23(34)20(15)25(36)28(16,39)26(21)37;;/h7-9,15-16,22,30,32,34,37,39H,2-6,10-13,29H2,1H3,(H,31,33,38);2*1H. The van der Waals surface area contributed by atoms with Gasteiger partial charge in [-0.2, -0.15) is 0 Å². The molecule has 41 heavy (non-hydrogen) atoms. The number of halogens is 2. The van der Waals surface area contributed by atoms with Gasteiger partial charge in [-0.05, 0) is 43.4 Å². The van der Waals surface area contributed by atoms with E-state index in [1.807, 2.05) is 5.32 Å². The number of phenols is 1. The Kier molecular flexibility index (Phi) is 11.5. The van der Waals surface area contributed by atoms with Gasteiger partial charge in [-0.1, -0.05) is 44.7 Å². The second-order valence-corrected chi connectivity index (χ2v) is 10.5.